The Balaban J connectivity index is 2.63. The monoisotopic (exact) mass is 185 g/mol. The molecule has 0 saturated heterocycles. The molecule has 1 aliphatic rings. The van der Waals surface area contributed by atoms with Gasteiger partial charge in [-0.1, -0.05) is 0 Å². The van der Waals surface area contributed by atoms with Crippen LogP contribution in [0.5, 0.6) is 0 Å². The number of aliphatic hydroxyl groups is 1. The van der Waals surface area contributed by atoms with Crippen LogP contribution in [0.2, 0.25) is 0 Å². The molecule has 0 heterocycles. The normalized spacial score (nSPS) is 26.2. The van der Waals surface area contributed by atoms with Gasteiger partial charge in [-0.15, -0.1) is 0 Å². The van der Waals surface area contributed by atoms with Gasteiger partial charge in [0.2, 0.25) is 0 Å². The first-order valence-electron chi connectivity index (χ1n) is 4.02. The Bertz CT molecular complexity index is 354. The fourth-order valence-corrected chi connectivity index (χ4v) is 1.75. The van der Waals surface area contributed by atoms with Crippen molar-refractivity contribution in [3.63, 3.8) is 0 Å². The van der Waals surface area contributed by atoms with Gasteiger partial charge in [0.05, 0.1) is 6.10 Å². The van der Waals surface area contributed by atoms with Gasteiger partial charge in [-0.25, -0.2) is 8.78 Å². The van der Waals surface area contributed by atoms with E-state index in [-0.39, 0.29) is 12.0 Å². The lowest BCUT2D eigenvalue weighted by atomic mass is 10.1. The zero-order valence-electron chi connectivity index (χ0n) is 6.80. The van der Waals surface area contributed by atoms with Crippen LogP contribution in [-0.2, 0) is 0 Å². The van der Waals surface area contributed by atoms with Gasteiger partial charge >= 0.3 is 0 Å². The van der Waals surface area contributed by atoms with Gasteiger partial charge in [-0.2, -0.15) is 0 Å². The van der Waals surface area contributed by atoms with Gasteiger partial charge < -0.3 is 10.8 Å². The molecule has 13 heavy (non-hydrogen) atoms. The summed E-state index contributed by atoms with van der Waals surface area (Å²) in [5, 5.41) is 9.38. The fraction of sp³-hybridized carbons (Fsp3) is 0.333. The molecular weight excluding hydrogens is 176 g/mol. The summed E-state index contributed by atoms with van der Waals surface area (Å²) in [6, 6.07) is 1.48. The van der Waals surface area contributed by atoms with Gasteiger partial charge in [0.1, 0.15) is 11.6 Å². The Morgan fingerprint density at radius 2 is 2.08 bits per heavy atom. The lowest BCUT2D eigenvalue weighted by Gasteiger charge is -2.05. The summed E-state index contributed by atoms with van der Waals surface area (Å²) in [5.74, 6) is -1.36. The van der Waals surface area contributed by atoms with E-state index in [1.807, 2.05) is 0 Å². The zero-order chi connectivity index (χ0) is 9.59. The van der Waals surface area contributed by atoms with E-state index in [9.17, 15) is 13.9 Å². The van der Waals surface area contributed by atoms with Crippen LogP contribution in [-0.4, -0.2) is 5.11 Å². The van der Waals surface area contributed by atoms with E-state index in [1.165, 1.54) is 6.07 Å². The minimum atomic E-state index is -0.898. The quantitative estimate of drug-likeness (QED) is 0.641. The van der Waals surface area contributed by atoms with E-state index in [1.54, 1.807) is 0 Å². The minimum absolute atomic E-state index is 0.147. The summed E-state index contributed by atoms with van der Waals surface area (Å²) in [6.07, 6.45) is -0.638. The van der Waals surface area contributed by atoms with Gasteiger partial charge in [-0.3, -0.25) is 0 Å². The largest absolute Gasteiger partial charge is 0.388 e. The standard InChI is InChI=1S/C9H9F2NO/c10-4-1-5-7(12)3-8(13)9(5)6(11)2-4/h1-2,7-8,13H,3,12H2/t7-,8+/m0/s1. The van der Waals surface area contributed by atoms with Crippen LogP contribution in [0.1, 0.15) is 29.7 Å². The van der Waals surface area contributed by atoms with Crippen molar-refractivity contribution in [1.82, 2.24) is 0 Å². The second-order valence-corrected chi connectivity index (χ2v) is 3.25. The van der Waals surface area contributed by atoms with E-state index in [4.69, 9.17) is 5.73 Å². The van der Waals surface area contributed by atoms with Crippen LogP contribution in [0, 0.1) is 11.6 Å². The number of hydrogen-bond donors (Lipinski definition) is 2. The maximum atomic E-state index is 13.1. The van der Waals surface area contributed by atoms with Crippen LogP contribution >= 0.6 is 0 Å². The Labute approximate surface area is 74.0 Å². The molecule has 0 spiro atoms. The summed E-state index contributed by atoms with van der Waals surface area (Å²) in [6.45, 7) is 0. The summed E-state index contributed by atoms with van der Waals surface area (Å²) in [7, 11) is 0. The van der Waals surface area contributed by atoms with Crippen LogP contribution in [0.25, 0.3) is 0 Å². The molecule has 1 aromatic carbocycles. The van der Waals surface area contributed by atoms with E-state index in [2.05, 4.69) is 0 Å². The number of nitrogens with two attached hydrogens (primary N) is 1. The zero-order valence-corrected chi connectivity index (χ0v) is 6.80. The first-order chi connectivity index (χ1) is 6.09. The van der Waals surface area contributed by atoms with Crippen molar-refractivity contribution in [2.45, 2.75) is 18.6 Å². The maximum Gasteiger partial charge on any atom is 0.132 e. The van der Waals surface area contributed by atoms with Crippen molar-refractivity contribution >= 4 is 0 Å². The lowest BCUT2D eigenvalue weighted by Crippen LogP contribution is -2.06. The van der Waals surface area contributed by atoms with Crippen molar-refractivity contribution in [3.8, 4) is 0 Å². The average molecular weight is 185 g/mol. The van der Waals surface area contributed by atoms with E-state index < -0.39 is 23.8 Å². The van der Waals surface area contributed by atoms with Crippen molar-refractivity contribution in [3.05, 3.63) is 34.9 Å². The Morgan fingerprint density at radius 3 is 2.77 bits per heavy atom. The van der Waals surface area contributed by atoms with Gasteiger partial charge in [0, 0.05) is 17.7 Å². The molecule has 2 rings (SSSR count). The SMILES string of the molecule is N[C@H]1C[C@@H](O)c2c(F)cc(F)cc21. The van der Waals surface area contributed by atoms with Crippen molar-refractivity contribution in [2.75, 3.05) is 0 Å². The Kier molecular flexibility index (Phi) is 1.82. The topological polar surface area (TPSA) is 46.2 Å². The molecular formula is C9H9F2NO. The molecule has 0 unspecified atom stereocenters. The Morgan fingerprint density at radius 1 is 1.38 bits per heavy atom. The molecule has 2 nitrogen and oxygen atoms in total. The number of benzene rings is 1. The van der Waals surface area contributed by atoms with E-state index in [0.29, 0.717) is 5.56 Å². The smallest absolute Gasteiger partial charge is 0.132 e. The number of halogens is 2. The molecule has 70 valence electrons. The average Bonchev–Trinajstić information content (AvgIpc) is 2.27. The fourth-order valence-electron chi connectivity index (χ4n) is 1.75. The molecule has 1 aliphatic carbocycles. The highest BCUT2D eigenvalue weighted by molar-refractivity contribution is 5.37. The van der Waals surface area contributed by atoms with Crippen LogP contribution in [0.15, 0.2) is 12.1 Å². The molecule has 1 aromatic rings. The number of fused-ring (bicyclic) bond motifs is 1. The van der Waals surface area contributed by atoms with Gasteiger partial charge in [-0.05, 0) is 18.1 Å². The van der Waals surface area contributed by atoms with Gasteiger partial charge in [0.25, 0.3) is 0 Å². The highest BCUT2D eigenvalue weighted by Gasteiger charge is 2.30. The summed E-state index contributed by atoms with van der Waals surface area (Å²) in [5.41, 5.74) is 6.11. The minimum Gasteiger partial charge on any atom is -0.388 e. The first-order valence-corrected chi connectivity index (χ1v) is 4.02. The number of aliphatic hydroxyl groups excluding tert-OH is 1. The maximum absolute atomic E-state index is 13.1. The molecule has 0 bridgehead atoms. The highest BCUT2D eigenvalue weighted by Crippen LogP contribution is 2.38. The second kappa shape index (κ2) is 2.75. The van der Waals surface area contributed by atoms with Crippen molar-refractivity contribution in [2.24, 2.45) is 5.73 Å². The third-order valence-electron chi connectivity index (χ3n) is 2.34. The van der Waals surface area contributed by atoms with E-state index in [0.717, 1.165) is 6.07 Å². The summed E-state index contributed by atoms with van der Waals surface area (Å²) in [4.78, 5) is 0. The molecule has 4 heteroatoms. The third-order valence-corrected chi connectivity index (χ3v) is 2.34. The second-order valence-electron chi connectivity index (χ2n) is 3.25. The molecule has 0 aliphatic heterocycles. The Hall–Kier alpha value is -1.00. The molecule has 0 aromatic heterocycles. The predicted octanol–water partition coefficient (Wildman–Crippen LogP) is 1.40. The predicted molar refractivity (Wildman–Crippen MR) is 42.9 cm³/mol. The molecule has 0 radical (unpaired) electrons. The molecule has 0 fully saturated rings. The lowest BCUT2D eigenvalue weighted by molar-refractivity contribution is 0.169. The molecule has 0 amide bonds. The van der Waals surface area contributed by atoms with Crippen LogP contribution in [0.4, 0.5) is 8.78 Å². The third kappa shape index (κ3) is 1.22. The van der Waals surface area contributed by atoms with Crippen LogP contribution in [0.3, 0.4) is 0 Å². The number of rotatable bonds is 0. The highest BCUT2D eigenvalue weighted by atomic mass is 19.1. The molecule has 2 atom stereocenters. The molecule has 3 N–H and O–H groups in total. The van der Waals surface area contributed by atoms with Crippen molar-refractivity contribution < 1.29 is 13.9 Å². The van der Waals surface area contributed by atoms with Crippen LogP contribution < -0.4 is 5.73 Å². The van der Waals surface area contributed by atoms with E-state index >= 15 is 0 Å². The van der Waals surface area contributed by atoms with Crippen molar-refractivity contribution in [1.29, 1.82) is 0 Å². The summed E-state index contributed by atoms with van der Waals surface area (Å²) < 4.78 is 25.9. The number of hydrogen-bond acceptors (Lipinski definition) is 2. The molecule has 0 saturated carbocycles. The summed E-state index contributed by atoms with van der Waals surface area (Å²) >= 11 is 0. The first kappa shape index (κ1) is 8.59. The van der Waals surface area contributed by atoms with Gasteiger partial charge in [0.15, 0.2) is 0 Å².